The van der Waals surface area contributed by atoms with Gasteiger partial charge in [0.05, 0.1) is 6.04 Å². The van der Waals surface area contributed by atoms with Crippen LogP contribution in [-0.4, -0.2) is 42.1 Å². The van der Waals surface area contributed by atoms with Crippen molar-refractivity contribution in [1.29, 1.82) is 0 Å². The van der Waals surface area contributed by atoms with Gasteiger partial charge in [0.1, 0.15) is 6.54 Å². The van der Waals surface area contributed by atoms with Gasteiger partial charge in [0.2, 0.25) is 5.91 Å². The van der Waals surface area contributed by atoms with E-state index >= 15 is 0 Å². The van der Waals surface area contributed by atoms with E-state index < -0.39 is 18.5 Å². The second-order valence-corrected chi connectivity index (χ2v) is 4.47. The largest absolute Gasteiger partial charge is 0.480 e. The summed E-state index contributed by atoms with van der Waals surface area (Å²) in [6, 6.07) is 7.69. The fourth-order valence-electron chi connectivity index (χ4n) is 1.98. The van der Waals surface area contributed by atoms with E-state index in [9.17, 15) is 14.4 Å². The molecule has 7 nitrogen and oxygen atoms in total. The Morgan fingerprint density at radius 2 is 2.05 bits per heavy atom. The molecule has 7 heteroatoms. The summed E-state index contributed by atoms with van der Waals surface area (Å²) in [6.45, 7) is -0.0792. The first-order valence-corrected chi connectivity index (χ1v) is 6.18. The first-order chi connectivity index (χ1) is 9.56. The molecule has 0 bridgehead atoms. The molecular weight excluding hydrogens is 262 g/mol. The van der Waals surface area contributed by atoms with Gasteiger partial charge in [-0.05, 0) is 12.1 Å². The summed E-state index contributed by atoms with van der Waals surface area (Å²) >= 11 is 0. The monoisotopic (exact) mass is 277 g/mol. The summed E-state index contributed by atoms with van der Waals surface area (Å²) in [5.74, 6) is -1.23. The highest BCUT2D eigenvalue weighted by molar-refractivity contribution is 5.96. The van der Waals surface area contributed by atoms with Gasteiger partial charge in [0, 0.05) is 18.7 Å². The van der Waals surface area contributed by atoms with Crippen LogP contribution in [0.25, 0.3) is 0 Å². The van der Waals surface area contributed by atoms with Gasteiger partial charge in [-0.15, -0.1) is 0 Å². The summed E-state index contributed by atoms with van der Waals surface area (Å²) in [7, 11) is 0. The van der Waals surface area contributed by atoms with Crippen LogP contribution in [0.1, 0.15) is 6.42 Å². The molecular formula is C13H15N3O4. The van der Waals surface area contributed by atoms with E-state index in [4.69, 9.17) is 5.11 Å². The Morgan fingerprint density at radius 1 is 1.35 bits per heavy atom. The number of carbonyl (C=O) groups excluding carboxylic acids is 2. The predicted molar refractivity (Wildman–Crippen MR) is 71.4 cm³/mol. The van der Waals surface area contributed by atoms with Crippen LogP contribution in [-0.2, 0) is 9.59 Å². The van der Waals surface area contributed by atoms with Crippen molar-refractivity contribution in [2.24, 2.45) is 0 Å². The molecule has 0 saturated carbocycles. The number of carboxylic acid groups (broad SMARTS) is 1. The lowest BCUT2D eigenvalue weighted by Gasteiger charge is -2.23. The smallest absolute Gasteiger partial charge is 0.323 e. The van der Waals surface area contributed by atoms with Gasteiger partial charge in [-0.2, -0.15) is 0 Å². The second kappa shape index (κ2) is 6.05. The summed E-state index contributed by atoms with van der Waals surface area (Å²) in [5, 5.41) is 14.2. The topological polar surface area (TPSA) is 98.7 Å². The number of amides is 3. The number of hydrogen-bond acceptors (Lipinski definition) is 3. The number of para-hydroxylation sites is 1. The maximum absolute atomic E-state index is 12.2. The number of aliphatic carboxylic acids is 1. The molecule has 1 heterocycles. The zero-order valence-electron chi connectivity index (χ0n) is 10.7. The van der Waals surface area contributed by atoms with Gasteiger partial charge >= 0.3 is 12.0 Å². The molecule has 0 aromatic heterocycles. The van der Waals surface area contributed by atoms with E-state index in [0.717, 1.165) is 4.90 Å². The highest BCUT2D eigenvalue weighted by Gasteiger charge is 2.26. The lowest BCUT2D eigenvalue weighted by Crippen LogP contribution is -2.47. The van der Waals surface area contributed by atoms with Gasteiger partial charge in [-0.25, -0.2) is 4.79 Å². The van der Waals surface area contributed by atoms with E-state index in [1.165, 1.54) is 0 Å². The van der Waals surface area contributed by atoms with Gasteiger partial charge in [0.15, 0.2) is 0 Å². The second-order valence-electron chi connectivity index (χ2n) is 4.47. The minimum Gasteiger partial charge on any atom is -0.480 e. The van der Waals surface area contributed by atoms with E-state index in [-0.39, 0.29) is 18.4 Å². The average molecular weight is 277 g/mol. The fraction of sp³-hybridized carbons (Fsp3) is 0.308. The summed E-state index contributed by atoms with van der Waals surface area (Å²) in [4.78, 5) is 35.3. The third kappa shape index (κ3) is 3.47. The van der Waals surface area contributed by atoms with Crippen molar-refractivity contribution in [1.82, 2.24) is 10.6 Å². The maximum atomic E-state index is 12.2. The summed E-state index contributed by atoms with van der Waals surface area (Å²) in [6.07, 6.45) is 0.210. The van der Waals surface area contributed by atoms with Crippen molar-refractivity contribution in [3.63, 3.8) is 0 Å². The van der Waals surface area contributed by atoms with Crippen LogP contribution in [0.3, 0.4) is 0 Å². The van der Waals surface area contributed by atoms with Crippen molar-refractivity contribution in [2.75, 3.05) is 18.0 Å². The number of nitrogens with one attached hydrogen (secondary N) is 2. The minimum absolute atomic E-state index is 0.125. The Balaban J connectivity index is 2.08. The summed E-state index contributed by atoms with van der Waals surface area (Å²) < 4.78 is 0. The van der Waals surface area contributed by atoms with Gasteiger partial charge in [-0.3, -0.25) is 14.5 Å². The normalized spacial score (nSPS) is 17.4. The van der Waals surface area contributed by atoms with Crippen molar-refractivity contribution >= 4 is 23.6 Å². The molecule has 1 aliphatic rings. The van der Waals surface area contributed by atoms with Crippen LogP contribution in [0, 0.1) is 0 Å². The quantitative estimate of drug-likeness (QED) is 0.731. The zero-order valence-corrected chi connectivity index (χ0v) is 10.7. The van der Waals surface area contributed by atoms with E-state index in [0.29, 0.717) is 12.2 Å². The first kappa shape index (κ1) is 13.9. The minimum atomic E-state index is -1.11. The third-order valence-electron chi connectivity index (χ3n) is 2.91. The standard InChI is InChI=1S/C13H15N3O4/c17-11-6-9(7-14-11)15-13(20)16(8-12(18)19)10-4-2-1-3-5-10/h1-5,9H,6-8H2,(H,14,17)(H,15,20)(H,18,19). The van der Waals surface area contributed by atoms with Gasteiger partial charge in [-0.1, -0.05) is 18.2 Å². The number of carbonyl (C=O) groups is 3. The first-order valence-electron chi connectivity index (χ1n) is 6.18. The predicted octanol–water partition coefficient (Wildman–Crippen LogP) is 0.176. The van der Waals surface area contributed by atoms with E-state index in [1.54, 1.807) is 30.3 Å². The number of anilines is 1. The van der Waals surface area contributed by atoms with Crippen LogP contribution >= 0.6 is 0 Å². The molecule has 0 aliphatic carbocycles. The van der Waals surface area contributed by atoms with Crippen molar-refractivity contribution in [3.05, 3.63) is 30.3 Å². The number of rotatable bonds is 4. The Bertz CT molecular complexity index is 518. The van der Waals surface area contributed by atoms with Crippen LogP contribution < -0.4 is 15.5 Å². The van der Waals surface area contributed by atoms with Gasteiger partial charge < -0.3 is 15.7 Å². The molecule has 1 aromatic carbocycles. The number of carboxylic acids is 1. The molecule has 0 spiro atoms. The SMILES string of the molecule is O=C(O)CN(C(=O)NC1CNC(=O)C1)c1ccccc1. The lowest BCUT2D eigenvalue weighted by molar-refractivity contribution is -0.135. The average Bonchev–Trinajstić information content (AvgIpc) is 2.82. The number of benzene rings is 1. The summed E-state index contributed by atoms with van der Waals surface area (Å²) in [5.41, 5.74) is 0.490. The third-order valence-corrected chi connectivity index (χ3v) is 2.91. The highest BCUT2D eigenvalue weighted by Crippen LogP contribution is 2.13. The Morgan fingerprint density at radius 3 is 2.60 bits per heavy atom. The van der Waals surface area contributed by atoms with Crippen molar-refractivity contribution in [3.8, 4) is 0 Å². The Labute approximate surface area is 115 Å². The molecule has 1 atom stereocenters. The lowest BCUT2D eigenvalue weighted by atomic mass is 10.2. The molecule has 1 fully saturated rings. The molecule has 1 unspecified atom stereocenters. The number of nitrogens with zero attached hydrogens (tertiary/aromatic N) is 1. The van der Waals surface area contributed by atoms with Crippen LogP contribution in [0.5, 0.6) is 0 Å². The number of hydrogen-bond donors (Lipinski definition) is 3. The molecule has 3 amide bonds. The molecule has 3 N–H and O–H groups in total. The Kier molecular flexibility index (Phi) is 4.19. The maximum Gasteiger partial charge on any atom is 0.323 e. The van der Waals surface area contributed by atoms with E-state index in [2.05, 4.69) is 10.6 Å². The van der Waals surface area contributed by atoms with E-state index in [1.807, 2.05) is 0 Å². The van der Waals surface area contributed by atoms with Gasteiger partial charge in [0.25, 0.3) is 0 Å². The molecule has 1 aliphatic heterocycles. The zero-order chi connectivity index (χ0) is 14.5. The molecule has 1 saturated heterocycles. The number of urea groups is 1. The molecule has 20 heavy (non-hydrogen) atoms. The van der Waals surface area contributed by atoms with Crippen LogP contribution in [0.2, 0.25) is 0 Å². The fourth-order valence-corrected chi connectivity index (χ4v) is 1.98. The van der Waals surface area contributed by atoms with Crippen LogP contribution in [0.4, 0.5) is 10.5 Å². The Hall–Kier alpha value is -2.57. The molecule has 106 valence electrons. The molecule has 2 rings (SSSR count). The molecule has 0 radical (unpaired) electrons. The highest BCUT2D eigenvalue weighted by atomic mass is 16.4. The molecule has 1 aromatic rings. The van der Waals surface area contributed by atoms with Crippen molar-refractivity contribution < 1.29 is 19.5 Å². The van der Waals surface area contributed by atoms with Crippen molar-refractivity contribution in [2.45, 2.75) is 12.5 Å². The van der Waals surface area contributed by atoms with Crippen LogP contribution in [0.15, 0.2) is 30.3 Å².